The van der Waals surface area contributed by atoms with Crippen LogP contribution in [0.2, 0.25) is 0 Å². The Morgan fingerprint density at radius 2 is 1.23 bits per heavy atom. The standard InChI is InChI=1S/C10H16Cl2O/c11-7-3-1-5-9-13-10-6-2-4-8-12/h1-4H,5-10H2/b3-1+,4-2+. The second kappa shape index (κ2) is 12.0. The van der Waals surface area contributed by atoms with Gasteiger partial charge in [0.15, 0.2) is 0 Å². The predicted molar refractivity (Wildman–Crippen MR) is 59.8 cm³/mol. The van der Waals surface area contributed by atoms with Crippen LogP contribution < -0.4 is 0 Å². The molecule has 0 aliphatic carbocycles. The second-order valence-corrected chi connectivity index (χ2v) is 3.06. The summed E-state index contributed by atoms with van der Waals surface area (Å²) < 4.78 is 5.34. The van der Waals surface area contributed by atoms with E-state index < -0.39 is 0 Å². The zero-order valence-corrected chi connectivity index (χ0v) is 9.23. The molecule has 0 heterocycles. The van der Waals surface area contributed by atoms with Crippen LogP contribution >= 0.6 is 23.2 Å². The van der Waals surface area contributed by atoms with E-state index >= 15 is 0 Å². The molecule has 0 fully saturated rings. The molecule has 76 valence electrons. The van der Waals surface area contributed by atoms with Crippen LogP contribution in [-0.4, -0.2) is 25.0 Å². The van der Waals surface area contributed by atoms with Gasteiger partial charge in [0.1, 0.15) is 0 Å². The molecule has 0 N–H and O–H groups in total. The monoisotopic (exact) mass is 222 g/mol. The van der Waals surface area contributed by atoms with Crippen molar-refractivity contribution < 1.29 is 4.74 Å². The molecule has 0 spiro atoms. The average Bonchev–Trinajstić information content (AvgIpc) is 2.16. The first-order chi connectivity index (χ1) is 6.41. The molecule has 3 heteroatoms. The third kappa shape index (κ3) is 12.0. The first-order valence-corrected chi connectivity index (χ1v) is 5.48. The smallest absolute Gasteiger partial charge is 0.0500 e. The number of allylic oxidation sites excluding steroid dienone is 2. The molecule has 0 aliphatic rings. The minimum Gasteiger partial charge on any atom is -0.381 e. The van der Waals surface area contributed by atoms with E-state index in [9.17, 15) is 0 Å². The van der Waals surface area contributed by atoms with Crippen LogP contribution in [0.1, 0.15) is 12.8 Å². The molecular weight excluding hydrogens is 207 g/mol. The lowest BCUT2D eigenvalue weighted by molar-refractivity contribution is 0.143. The summed E-state index contributed by atoms with van der Waals surface area (Å²) in [6.07, 6.45) is 9.79. The average molecular weight is 223 g/mol. The van der Waals surface area contributed by atoms with Gasteiger partial charge in [-0.3, -0.25) is 0 Å². The summed E-state index contributed by atoms with van der Waals surface area (Å²) in [6.45, 7) is 1.53. The molecule has 0 aromatic carbocycles. The number of hydrogen-bond donors (Lipinski definition) is 0. The fourth-order valence-electron chi connectivity index (χ4n) is 0.767. The first-order valence-electron chi connectivity index (χ1n) is 4.41. The molecule has 0 amide bonds. The van der Waals surface area contributed by atoms with E-state index in [2.05, 4.69) is 0 Å². The molecule has 0 aliphatic heterocycles. The van der Waals surface area contributed by atoms with Crippen LogP contribution in [0.25, 0.3) is 0 Å². The zero-order chi connectivity index (χ0) is 9.78. The predicted octanol–water partition coefficient (Wildman–Crippen LogP) is 3.37. The first kappa shape index (κ1) is 13.0. The van der Waals surface area contributed by atoms with Gasteiger partial charge in [0.2, 0.25) is 0 Å². The van der Waals surface area contributed by atoms with Crippen LogP contribution in [-0.2, 0) is 4.74 Å². The van der Waals surface area contributed by atoms with Gasteiger partial charge in [-0.15, -0.1) is 23.2 Å². The van der Waals surface area contributed by atoms with E-state index in [1.165, 1.54) is 0 Å². The molecule has 0 saturated carbocycles. The van der Waals surface area contributed by atoms with Gasteiger partial charge in [0.05, 0.1) is 13.2 Å². The molecule has 0 unspecified atom stereocenters. The van der Waals surface area contributed by atoms with Crippen LogP contribution in [0.5, 0.6) is 0 Å². The van der Waals surface area contributed by atoms with Gasteiger partial charge < -0.3 is 4.74 Å². The number of ether oxygens (including phenoxy) is 1. The fraction of sp³-hybridized carbons (Fsp3) is 0.600. The Morgan fingerprint density at radius 3 is 1.62 bits per heavy atom. The maximum atomic E-state index is 5.45. The van der Waals surface area contributed by atoms with E-state index in [0.717, 1.165) is 26.1 Å². The molecule has 0 aromatic rings. The summed E-state index contributed by atoms with van der Waals surface area (Å²) in [5, 5.41) is 0. The highest BCUT2D eigenvalue weighted by molar-refractivity contribution is 6.19. The van der Waals surface area contributed by atoms with Crippen LogP contribution in [0, 0.1) is 0 Å². The maximum Gasteiger partial charge on any atom is 0.0500 e. The summed E-state index contributed by atoms with van der Waals surface area (Å²) in [6, 6.07) is 0. The lowest BCUT2D eigenvalue weighted by atomic mass is 10.4. The second-order valence-electron chi connectivity index (χ2n) is 2.44. The minimum atomic E-state index is 0.582. The van der Waals surface area contributed by atoms with Gasteiger partial charge in [0.25, 0.3) is 0 Å². The Balaban J connectivity index is 2.99. The maximum absolute atomic E-state index is 5.45. The van der Waals surface area contributed by atoms with Crippen molar-refractivity contribution in [3.8, 4) is 0 Å². The molecule has 0 radical (unpaired) electrons. The molecule has 13 heavy (non-hydrogen) atoms. The highest BCUT2D eigenvalue weighted by atomic mass is 35.5. The number of alkyl halides is 2. The van der Waals surface area contributed by atoms with Gasteiger partial charge in [-0.05, 0) is 12.8 Å². The van der Waals surface area contributed by atoms with E-state index in [1.807, 2.05) is 24.3 Å². The van der Waals surface area contributed by atoms with Crippen molar-refractivity contribution in [2.75, 3.05) is 25.0 Å². The summed E-state index contributed by atoms with van der Waals surface area (Å²) in [5.41, 5.74) is 0. The summed E-state index contributed by atoms with van der Waals surface area (Å²) in [4.78, 5) is 0. The van der Waals surface area contributed by atoms with Gasteiger partial charge in [-0.2, -0.15) is 0 Å². The van der Waals surface area contributed by atoms with E-state index in [-0.39, 0.29) is 0 Å². The SMILES string of the molecule is ClC/C=C/CCOCC/C=C/CCl. The summed E-state index contributed by atoms with van der Waals surface area (Å²) in [5.74, 6) is 1.16. The van der Waals surface area contributed by atoms with Crippen molar-refractivity contribution in [1.82, 2.24) is 0 Å². The lowest BCUT2D eigenvalue weighted by Crippen LogP contribution is -1.94. The minimum absolute atomic E-state index is 0.582. The Kier molecular flexibility index (Phi) is 12.0. The van der Waals surface area contributed by atoms with Crippen molar-refractivity contribution in [2.45, 2.75) is 12.8 Å². The van der Waals surface area contributed by atoms with Crippen LogP contribution in [0.3, 0.4) is 0 Å². The van der Waals surface area contributed by atoms with Crippen molar-refractivity contribution in [1.29, 1.82) is 0 Å². The Morgan fingerprint density at radius 1 is 0.769 bits per heavy atom. The quantitative estimate of drug-likeness (QED) is 0.348. The summed E-state index contributed by atoms with van der Waals surface area (Å²) in [7, 11) is 0. The Hall–Kier alpha value is 0.0200. The Bertz CT molecular complexity index is 128. The number of rotatable bonds is 8. The third-order valence-electron chi connectivity index (χ3n) is 1.37. The summed E-state index contributed by atoms with van der Waals surface area (Å²) >= 11 is 10.9. The molecule has 0 rings (SSSR count). The molecule has 0 atom stereocenters. The van der Waals surface area contributed by atoms with Crippen LogP contribution in [0.15, 0.2) is 24.3 Å². The fourth-order valence-corrected chi connectivity index (χ4v) is 1.02. The van der Waals surface area contributed by atoms with Gasteiger partial charge in [0, 0.05) is 11.8 Å². The van der Waals surface area contributed by atoms with E-state index in [4.69, 9.17) is 27.9 Å². The molecular formula is C10H16Cl2O. The van der Waals surface area contributed by atoms with Crippen molar-refractivity contribution in [3.63, 3.8) is 0 Å². The zero-order valence-electron chi connectivity index (χ0n) is 7.72. The van der Waals surface area contributed by atoms with Gasteiger partial charge in [-0.1, -0.05) is 24.3 Å². The van der Waals surface area contributed by atoms with Gasteiger partial charge >= 0.3 is 0 Å². The highest BCUT2D eigenvalue weighted by Crippen LogP contribution is 1.90. The van der Waals surface area contributed by atoms with E-state index in [1.54, 1.807) is 0 Å². The molecule has 0 aromatic heterocycles. The lowest BCUT2D eigenvalue weighted by Gasteiger charge is -1.98. The molecule has 0 saturated heterocycles. The largest absolute Gasteiger partial charge is 0.381 e. The third-order valence-corrected chi connectivity index (χ3v) is 1.73. The molecule has 1 nitrogen and oxygen atoms in total. The molecule has 0 bridgehead atoms. The number of hydrogen-bond acceptors (Lipinski definition) is 1. The van der Waals surface area contributed by atoms with E-state index in [0.29, 0.717) is 11.8 Å². The topological polar surface area (TPSA) is 9.23 Å². The highest BCUT2D eigenvalue weighted by Gasteiger charge is 1.83. The van der Waals surface area contributed by atoms with Crippen molar-refractivity contribution >= 4 is 23.2 Å². The number of halogens is 2. The van der Waals surface area contributed by atoms with Crippen LogP contribution in [0.4, 0.5) is 0 Å². The normalized spacial score (nSPS) is 11.8. The van der Waals surface area contributed by atoms with Crippen molar-refractivity contribution in [2.24, 2.45) is 0 Å². The van der Waals surface area contributed by atoms with Crippen molar-refractivity contribution in [3.05, 3.63) is 24.3 Å². The Labute approximate surface area is 90.4 Å². The van der Waals surface area contributed by atoms with Gasteiger partial charge in [-0.25, -0.2) is 0 Å².